The highest BCUT2D eigenvalue weighted by Gasteiger charge is 2.10. The largest absolute Gasteiger partial charge is 0.393 e. The molecule has 0 aliphatic rings. The van der Waals surface area contributed by atoms with E-state index in [1.54, 1.807) is 6.92 Å². The topological polar surface area (TPSA) is 84.1 Å². The summed E-state index contributed by atoms with van der Waals surface area (Å²) in [6, 6.07) is 7.82. The van der Waals surface area contributed by atoms with Gasteiger partial charge in [0.05, 0.1) is 11.6 Å². The number of anilines is 2. The second-order valence-corrected chi connectivity index (χ2v) is 4.58. The number of nitrogens with two attached hydrogens (primary N) is 1. The highest BCUT2D eigenvalue weighted by atomic mass is 16.3. The van der Waals surface area contributed by atoms with Gasteiger partial charge in [0.2, 0.25) is 5.95 Å². The summed E-state index contributed by atoms with van der Waals surface area (Å²) in [5.41, 5.74) is 6.51. The van der Waals surface area contributed by atoms with E-state index in [2.05, 4.69) is 15.3 Å². The smallest absolute Gasteiger partial charge is 0.222 e. The van der Waals surface area contributed by atoms with E-state index < -0.39 is 0 Å². The zero-order valence-electron chi connectivity index (χ0n) is 10.6. The molecule has 96 valence electrons. The lowest BCUT2D eigenvalue weighted by molar-refractivity contribution is 0.179. The van der Waals surface area contributed by atoms with Crippen LogP contribution in [0.3, 0.4) is 0 Å². The summed E-state index contributed by atoms with van der Waals surface area (Å²) >= 11 is 0. The Bertz CT molecular complexity index is 542. The van der Waals surface area contributed by atoms with Crippen molar-refractivity contribution in [1.29, 1.82) is 0 Å². The molecule has 0 saturated heterocycles. The van der Waals surface area contributed by atoms with E-state index in [9.17, 15) is 5.11 Å². The van der Waals surface area contributed by atoms with Crippen molar-refractivity contribution in [3.05, 3.63) is 24.3 Å². The van der Waals surface area contributed by atoms with E-state index in [0.717, 1.165) is 10.9 Å². The number of nitrogen functional groups attached to an aromatic ring is 1. The van der Waals surface area contributed by atoms with E-state index in [1.165, 1.54) is 0 Å². The van der Waals surface area contributed by atoms with Crippen LogP contribution in [0.4, 0.5) is 11.8 Å². The third kappa shape index (κ3) is 2.87. The molecule has 2 aromatic rings. The average Bonchev–Trinajstić information content (AvgIpc) is 2.27. The van der Waals surface area contributed by atoms with Crippen molar-refractivity contribution in [2.24, 2.45) is 0 Å². The summed E-state index contributed by atoms with van der Waals surface area (Å²) in [7, 11) is 0. The van der Waals surface area contributed by atoms with Crippen LogP contribution in [-0.2, 0) is 0 Å². The minimum Gasteiger partial charge on any atom is -0.393 e. The lowest BCUT2D eigenvalue weighted by atomic mass is 10.1. The molecule has 1 aromatic heterocycles. The molecule has 0 saturated carbocycles. The van der Waals surface area contributed by atoms with Gasteiger partial charge in [-0.05, 0) is 32.4 Å². The zero-order valence-corrected chi connectivity index (χ0v) is 10.6. The number of hydrogen-bond donors (Lipinski definition) is 3. The number of aliphatic hydroxyl groups is 1. The van der Waals surface area contributed by atoms with Gasteiger partial charge in [0.25, 0.3) is 0 Å². The molecule has 1 aromatic carbocycles. The predicted molar refractivity (Wildman–Crippen MR) is 73.3 cm³/mol. The monoisotopic (exact) mass is 246 g/mol. The van der Waals surface area contributed by atoms with Crippen LogP contribution in [0.2, 0.25) is 0 Å². The number of para-hydroxylation sites is 1. The standard InChI is InChI=1S/C13H18N4O/c1-8(7-9(2)18)15-12-10-5-3-4-6-11(10)16-13(14)17-12/h3-6,8-9,18H,7H2,1-2H3,(H3,14,15,16,17). The molecule has 0 spiro atoms. The fourth-order valence-corrected chi connectivity index (χ4v) is 2.01. The average molecular weight is 246 g/mol. The van der Waals surface area contributed by atoms with E-state index in [0.29, 0.717) is 12.2 Å². The van der Waals surface area contributed by atoms with Gasteiger partial charge in [-0.25, -0.2) is 4.98 Å². The van der Waals surface area contributed by atoms with Gasteiger partial charge in [0.1, 0.15) is 5.82 Å². The molecule has 1 heterocycles. The van der Waals surface area contributed by atoms with Gasteiger partial charge in [0, 0.05) is 11.4 Å². The first-order valence-corrected chi connectivity index (χ1v) is 6.03. The maximum Gasteiger partial charge on any atom is 0.222 e. The van der Waals surface area contributed by atoms with Crippen LogP contribution in [0.5, 0.6) is 0 Å². The minimum absolute atomic E-state index is 0.114. The maximum absolute atomic E-state index is 9.37. The summed E-state index contributed by atoms with van der Waals surface area (Å²) in [4.78, 5) is 8.40. The van der Waals surface area contributed by atoms with Gasteiger partial charge in [-0.3, -0.25) is 0 Å². The normalized spacial score (nSPS) is 14.4. The summed E-state index contributed by atoms with van der Waals surface area (Å²) in [5, 5.41) is 13.6. The third-order valence-electron chi connectivity index (χ3n) is 2.70. The number of fused-ring (bicyclic) bond motifs is 1. The van der Waals surface area contributed by atoms with Crippen LogP contribution in [0.15, 0.2) is 24.3 Å². The number of aromatic nitrogens is 2. The molecule has 18 heavy (non-hydrogen) atoms. The fraction of sp³-hybridized carbons (Fsp3) is 0.385. The molecule has 2 unspecified atom stereocenters. The number of nitrogens with one attached hydrogen (secondary N) is 1. The Hall–Kier alpha value is -1.88. The molecule has 2 atom stereocenters. The number of rotatable bonds is 4. The molecular formula is C13H18N4O. The van der Waals surface area contributed by atoms with Crippen LogP contribution >= 0.6 is 0 Å². The van der Waals surface area contributed by atoms with E-state index in [1.807, 2.05) is 31.2 Å². The van der Waals surface area contributed by atoms with Crippen molar-refractivity contribution in [3.8, 4) is 0 Å². The minimum atomic E-state index is -0.349. The molecule has 2 rings (SSSR count). The number of hydrogen-bond acceptors (Lipinski definition) is 5. The third-order valence-corrected chi connectivity index (χ3v) is 2.70. The predicted octanol–water partition coefficient (Wildman–Crippen LogP) is 1.78. The molecule has 5 heteroatoms. The summed E-state index contributed by atoms with van der Waals surface area (Å²) in [6.45, 7) is 3.77. The molecule has 0 bridgehead atoms. The molecule has 5 nitrogen and oxygen atoms in total. The van der Waals surface area contributed by atoms with Crippen LogP contribution in [0.25, 0.3) is 10.9 Å². The van der Waals surface area contributed by atoms with E-state index in [4.69, 9.17) is 5.73 Å². The van der Waals surface area contributed by atoms with Crippen LogP contribution in [0, 0.1) is 0 Å². The van der Waals surface area contributed by atoms with Crippen molar-refractivity contribution in [2.75, 3.05) is 11.1 Å². The van der Waals surface area contributed by atoms with Crippen molar-refractivity contribution in [3.63, 3.8) is 0 Å². The highest BCUT2D eigenvalue weighted by molar-refractivity contribution is 5.89. The van der Waals surface area contributed by atoms with Crippen molar-refractivity contribution >= 4 is 22.7 Å². The first-order valence-electron chi connectivity index (χ1n) is 6.03. The number of benzene rings is 1. The number of nitrogens with zero attached hydrogens (tertiary/aromatic N) is 2. The van der Waals surface area contributed by atoms with E-state index in [-0.39, 0.29) is 18.1 Å². The Labute approximate surface area is 106 Å². The number of aliphatic hydroxyl groups excluding tert-OH is 1. The molecule has 0 radical (unpaired) electrons. The summed E-state index contributed by atoms with van der Waals surface area (Å²) in [5.74, 6) is 0.965. The Morgan fingerprint density at radius 1 is 1.28 bits per heavy atom. The van der Waals surface area contributed by atoms with E-state index >= 15 is 0 Å². The second-order valence-electron chi connectivity index (χ2n) is 4.58. The zero-order chi connectivity index (χ0) is 13.1. The Morgan fingerprint density at radius 2 is 2.00 bits per heavy atom. The highest BCUT2D eigenvalue weighted by Crippen LogP contribution is 2.21. The molecule has 0 aliphatic heterocycles. The summed E-state index contributed by atoms with van der Waals surface area (Å²) < 4.78 is 0. The molecule has 0 aliphatic carbocycles. The second kappa shape index (κ2) is 5.18. The van der Waals surface area contributed by atoms with Gasteiger partial charge in [-0.2, -0.15) is 4.98 Å². The fourth-order valence-electron chi connectivity index (χ4n) is 2.01. The Morgan fingerprint density at radius 3 is 2.72 bits per heavy atom. The van der Waals surface area contributed by atoms with Gasteiger partial charge in [-0.15, -0.1) is 0 Å². The quantitative estimate of drug-likeness (QED) is 0.766. The van der Waals surface area contributed by atoms with Gasteiger partial charge >= 0.3 is 0 Å². The summed E-state index contributed by atoms with van der Waals surface area (Å²) in [6.07, 6.45) is 0.302. The van der Waals surface area contributed by atoms with Gasteiger partial charge in [-0.1, -0.05) is 12.1 Å². The van der Waals surface area contributed by atoms with Crippen molar-refractivity contribution in [1.82, 2.24) is 9.97 Å². The molecule has 4 N–H and O–H groups in total. The van der Waals surface area contributed by atoms with Crippen molar-refractivity contribution < 1.29 is 5.11 Å². The lowest BCUT2D eigenvalue weighted by Crippen LogP contribution is -2.21. The Kier molecular flexibility index (Phi) is 3.62. The molecular weight excluding hydrogens is 228 g/mol. The molecule has 0 fully saturated rings. The first kappa shape index (κ1) is 12.6. The van der Waals surface area contributed by atoms with Crippen LogP contribution in [-0.4, -0.2) is 27.2 Å². The lowest BCUT2D eigenvalue weighted by Gasteiger charge is -2.17. The Balaban J connectivity index is 2.32. The van der Waals surface area contributed by atoms with Crippen LogP contribution in [0.1, 0.15) is 20.3 Å². The maximum atomic E-state index is 9.37. The molecule has 0 amide bonds. The first-order chi connectivity index (χ1) is 8.56. The van der Waals surface area contributed by atoms with Crippen LogP contribution < -0.4 is 11.1 Å². The van der Waals surface area contributed by atoms with Gasteiger partial charge in [0.15, 0.2) is 0 Å². The van der Waals surface area contributed by atoms with Crippen molar-refractivity contribution in [2.45, 2.75) is 32.4 Å². The SMILES string of the molecule is CC(O)CC(C)Nc1nc(N)nc2ccccc12. The van der Waals surface area contributed by atoms with Gasteiger partial charge < -0.3 is 16.2 Å².